The summed E-state index contributed by atoms with van der Waals surface area (Å²) in [6.07, 6.45) is 1.98. The largest absolute Gasteiger partial charge is 0.493 e. The van der Waals surface area contributed by atoms with Gasteiger partial charge >= 0.3 is 17.6 Å². The SMILES string of the molecule is CCc1c(/C=C(\COC)OC=O)oc(=O)c2c1c(-c1ccc(OC(=O)C(N)CO)c(OC)c1)c1n2CCc2c-1cc(OC)c(OC)c2OC(=O)C(N)CO. The van der Waals surface area contributed by atoms with Crippen molar-refractivity contribution in [3.05, 3.63) is 57.3 Å². The number of nitrogens with zero attached hydrogens (tertiary/aromatic N) is 1. The standard InChI is InChI=1S/C37H41N3O14/c1-6-20-26(12-19(16-47-2)51-17-43)53-37(46)32-30(20)29(18-7-8-25(27(11-18)48-3)52-35(44)23(38)14-41)31-22-13-28(49-4)34(50-5)33(21(22)9-10-40(31)32)54-36(45)24(39)15-42/h7-8,11-13,17,23-24,41-42H,6,9-10,14-16,38-39H2,1-5H3/b19-12+. The van der Waals surface area contributed by atoms with Gasteiger partial charge in [-0.1, -0.05) is 13.0 Å². The number of aryl methyl sites for hydroxylation is 2. The third-order valence-corrected chi connectivity index (χ3v) is 8.82. The van der Waals surface area contributed by atoms with Gasteiger partial charge in [-0.25, -0.2) is 14.4 Å². The number of aliphatic hydroxyl groups is 2. The zero-order valence-corrected chi connectivity index (χ0v) is 30.3. The lowest BCUT2D eigenvalue weighted by molar-refractivity contribution is -0.137. The first-order chi connectivity index (χ1) is 26.0. The van der Waals surface area contributed by atoms with Crippen molar-refractivity contribution in [2.75, 3.05) is 48.3 Å². The molecule has 0 radical (unpaired) electrons. The van der Waals surface area contributed by atoms with Gasteiger partial charge in [-0.05, 0) is 36.6 Å². The Bertz CT molecular complexity index is 2170. The van der Waals surface area contributed by atoms with Gasteiger partial charge in [0, 0.05) is 47.4 Å². The van der Waals surface area contributed by atoms with E-state index in [-0.39, 0.29) is 71.8 Å². The van der Waals surface area contributed by atoms with E-state index in [0.29, 0.717) is 45.3 Å². The molecule has 0 spiro atoms. The molecule has 2 aromatic carbocycles. The lowest BCUT2D eigenvalue weighted by Gasteiger charge is -2.26. The van der Waals surface area contributed by atoms with Crippen LogP contribution in [0.4, 0.5) is 0 Å². The Balaban J connectivity index is 1.93. The van der Waals surface area contributed by atoms with Gasteiger partial charge in [0.25, 0.3) is 6.47 Å². The summed E-state index contributed by atoms with van der Waals surface area (Å²) in [7, 11) is 5.58. The van der Waals surface area contributed by atoms with Crippen molar-refractivity contribution in [3.8, 4) is 51.1 Å². The summed E-state index contributed by atoms with van der Waals surface area (Å²) in [5, 5.41) is 19.4. The molecule has 0 saturated heterocycles. The van der Waals surface area contributed by atoms with E-state index in [0.717, 1.165) is 0 Å². The first-order valence-electron chi connectivity index (χ1n) is 16.7. The van der Waals surface area contributed by atoms with E-state index in [1.54, 1.807) is 22.8 Å². The number of carbonyl (C=O) groups excluding carboxylic acids is 3. The van der Waals surface area contributed by atoms with E-state index in [1.807, 2.05) is 6.92 Å². The molecule has 3 heterocycles. The first kappa shape index (κ1) is 39.5. The first-order valence-corrected chi connectivity index (χ1v) is 16.7. The van der Waals surface area contributed by atoms with E-state index in [4.69, 9.17) is 49.0 Å². The van der Waals surface area contributed by atoms with Crippen LogP contribution in [0.5, 0.6) is 28.7 Å². The monoisotopic (exact) mass is 751 g/mol. The van der Waals surface area contributed by atoms with Crippen molar-refractivity contribution in [3.63, 3.8) is 0 Å². The van der Waals surface area contributed by atoms with E-state index >= 15 is 0 Å². The summed E-state index contributed by atoms with van der Waals surface area (Å²) in [6, 6.07) is 3.80. The van der Waals surface area contributed by atoms with Crippen LogP contribution >= 0.6 is 0 Å². The zero-order valence-electron chi connectivity index (χ0n) is 30.3. The summed E-state index contributed by atoms with van der Waals surface area (Å²) in [5.41, 5.74) is 14.1. The van der Waals surface area contributed by atoms with Crippen molar-refractivity contribution in [1.29, 1.82) is 0 Å². The Morgan fingerprint density at radius 3 is 2.22 bits per heavy atom. The van der Waals surface area contributed by atoms with Gasteiger partial charge in [0.05, 0.1) is 40.2 Å². The minimum atomic E-state index is -1.34. The molecule has 0 aliphatic carbocycles. The van der Waals surface area contributed by atoms with Gasteiger partial charge in [-0.2, -0.15) is 0 Å². The normalized spacial score (nSPS) is 13.4. The predicted octanol–water partition coefficient (Wildman–Crippen LogP) is 1.68. The summed E-state index contributed by atoms with van der Waals surface area (Å²) < 4.78 is 46.2. The highest BCUT2D eigenvalue weighted by molar-refractivity contribution is 6.08. The average molecular weight is 752 g/mol. The highest BCUT2D eigenvalue weighted by Gasteiger charge is 2.35. The topological polar surface area (TPSA) is 243 Å². The molecule has 2 aromatic heterocycles. The third-order valence-electron chi connectivity index (χ3n) is 8.82. The molecule has 5 rings (SSSR count). The molecule has 1 aliphatic rings. The second kappa shape index (κ2) is 17.0. The number of fused-ring (bicyclic) bond motifs is 5. The van der Waals surface area contributed by atoms with Crippen molar-refractivity contribution in [1.82, 2.24) is 4.57 Å². The van der Waals surface area contributed by atoms with Crippen LogP contribution in [0.25, 0.3) is 39.4 Å². The van der Waals surface area contributed by atoms with Crippen molar-refractivity contribution in [2.45, 2.75) is 38.4 Å². The number of methoxy groups -OCH3 is 4. The van der Waals surface area contributed by atoms with Crippen LogP contribution in [-0.4, -0.2) is 93.5 Å². The summed E-state index contributed by atoms with van der Waals surface area (Å²) in [5.74, 6) is -1.16. The highest BCUT2D eigenvalue weighted by Crippen LogP contribution is 2.52. The Morgan fingerprint density at radius 1 is 0.944 bits per heavy atom. The molecule has 1 aliphatic heterocycles. The number of ether oxygens (including phenoxy) is 7. The van der Waals surface area contributed by atoms with Gasteiger partial charge in [-0.3, -0.25) is 4.79 Å². The quantitative estimate of drug-likeness (QED) is 0.0551. The lowest BCUT2D eigenvalue weighted by atomic mass is 9.90. The molecule has 0 fully saturated rings. The number of nitrogens with two attached hydrogens (primary N) is 2. The van der Waals surface area contributed by atoms with Crippen molar-refractivity contribution >= 4 is 35.4 Å². The van der Waals surface area contributed by atoms with E-state index in [2.05, 4.69) is 0 Å². The lowest BCUT2D eigenvalue weighted by Crippen LogP contribution is -2.37. The number of hydrogen-bond donors (Lipinski definition) is 4. The van der Waals surface area contributed by atoms with Gasteiger partial charge in [0.15, 0.2) is 23.0 Å². The maximum absolute atomic E-state index is 14.1. The fourth-order valence-electron chi connectivity index (χ4n) is 6.38. The maximum Gasteiger partial charge on any atom is 0.361 e. The van der Waals surface area contributed by atoms with E-state index in [1.165, 1.54) is 40.6 Å². The average Bonchev–Trinajstić information content (AvgIpc) is 3.53. The Labute approximate surface area is 308 Å². The van der Waals surface area contributed by atoms with Crippen LogP contribution in [0.1, 0.15) is 23.8 Å². The Hall–Kier alpha value is -5.72. The molecule has 0 saturated carbocycles. The summed E-state index contributed by atoms with van der Waals surface area (Å²) >= 11 is 0. The maximum atomic E-state index is 14.1. The smallest absolute Gasteiger partial charge is 0.361 e. The van der Waals surface area contributed by atoms with Gasteiger partial charge < -0.3 is 63.8 Å². The molecular formula is C37H41N3O14. The third kappa shape index (κ3) is 7.27. The fraction of sp³-hybridized carbons (Fsp3) is 0.351. The number of hydrogen-bond acceptors (Lipinski definition) is 16. The molecule has 2 unspecified atom stereocenters. The van der Waals surface area contributed by atoms with Crippen LogP contribution in [-0.2, 0) is 43.2 Å². The van der Waals surface area contributed by atoms with E-state index in [9.17, 15) is 29.4 Å². The zero-order chi connectivity index (χ0) is 39.3. The second-order valence-corrected chi connectivity index (χ2v) is 11.9. The van der Waals surface area contributed by atoms with Crippen LogP contribution in [0.3, 0.4) is 0 Å². The number of carbonyl (C=O) groups is 3. The molecule has 2 atom stereocenters. The molecule has 4 aromatic rings. The van der Waals surface area contributed by atoms with Crippen LogP contribution in [0, 0.1) is 0 Å². The van der Waals surface area contributed by atoms with Gasteiger partial charge in [0.2, 0.25) is 5.75 Å². The van der Waals surface area contributed by atoms with Crippen LogP contribution in [0.15, 0.2) is 39.2 Å². The van der Waals surface area contributed by atoms with E-state index < -0.39 is 42.9 Å². The summed E-state index contributed by atoms with van der Waals surface area (Å²) in [4.78, 5) is 50.9. The minimum absolute atomic E-state index is 0.0165. The summed E-state index contributed by atoms with van der Waals surface area (Å²) in [6.45, 7) is 0.892. The number of aliphatic hydroxyl groups excluding tert-OH is 2. The molecule has 17 heteroatoms. The van der Waals surface area contributed by atoms with Gasteiger partial charge in [0.1, 0.15) is 35.7 Å². The molecule has 0 amide bonds. The second-order valence-electron chi connectivity index (χ2n) is 11.9. The number of benzene rings is 2. The Morgan fingerprint density at radius 2 is 1.63 bits per heavy atom. The van der Waals surface area contributed by atoms with Crippen molar-refractivity contribution < 1.29 is 62.2 Å². The predicted molar refractivity (Wildman–Crippen MR) is 192 cm³/mol. The Kier molecular flexibility index (Phi) is 12.4. The number of esters is 2. The molecule has 0 bridgehead atoms. The van der Waals surface area contributed by atoms with Crippen LogP contribution in [0.2, 0.25) is 0 Å². The fourth-order valence-corrected chi connectivity index (χ4v) is 6.38. The minimum Gasteiger partial charge on any atom is -0.493 e. The molecule has 54 heavy (non-hydrogen) atoms. The highest BCUT2D eigenvalue weighted by atomic mass is 16.6. The molecule has 17 nitrogen and oxygen atoms in total. The van der Waals surface area contributed by atoms with Gasteiger partial charge in [-0.15, -0.1) is 0 Å². The molecule has 288 valence electrons. The van der Waals surface area contributed by atoms with Crippen LogP contribution < -0.4 is 40.8 Å². The molecular weight excluding hydrogens is 710 g/mol. The number of rotatable bonds is 16. The van der Waals surface area contributed by atoms with Crippen molar-refractivity contribution in [2.24, 2.45) is 11.5 Å². The molecule has 6 N–H and O–H groups in total. The number of aromatic nitrogens is 1.